The molecule has 1 aliphatic rings. The molecule has 6 heteroatoms. The second-order valence-corrected chi connectivity index (χ2v) is 5.98. The maximum Gasteiger partial charge on any atom is 0.322 e. The zero-order chi connectivity index (χ0) is 15.4. The Labute approximate surface area is 128 Å². The molecule has 0 saturated heterocycles. The van der Waals surface area contributed by atoms with Crippen LogP contribution in [0.5, 0.6) is 0 Å². The van der Waals surface area contributed by atoms with Crippen molar-refractivity contribution in [1.82, 2.24) is 5.32 Å². The highest BCUT2D eigenvalue weighted by atomic mass is 32.2. The van der Waals surface area contributed by atoms with E-state index in [1.807, 2.05) is 19.2 Å². The van der Waals surface area contributed by atoms with Gasteiger partial charge in [-0.2, -0.15) is 11.8 Å². The van der Waals surface area contributed by atoms with Gasteiger partial charge in [-0.3, -0.25) is 9.69 Å². The third kappa shape index (κ3) is 3.32. The predicted molar refractivity (Wildman–Crippen MR) is 85.2 cm³/mol. The first-order valence-electron chi connectivity index (χ1n) is 6.97. The fourth-order valence-electron chi connectivity index (χ4n) is 2.53. The minimum absolute atomic E-state index is 0.101. The van der Waals surface area contributed by atoms with Crippen molar-refractivity contribution < 1.29 is 14.7 Å². The number of hydrogen-bond donors (Lipinski definition) is 2. The number of carbonyl (C=O) groups excluding carboxylic acids is 1. The molecule has 5 nitrogen and oxygen atoms in total. The molecule has 1 aromatic rings. The number of rotatable bonds is 5. The van der Waals surface area contributed by atoms with Crippen LogP contribution in [0.3, 0.4) is 0 Å². The molecular weight excluding hydrogens is 288 g/mol. The van der Waals surface area contributed by atoms with Crippen LogP contribution in [-0.4, -0.2) is 41.7 Å². The van der Waals surface area contributed by atoms with Crippen molar-refractivity contribution >= 4 is 29.4 Å². The number of nitrogens with zero attached hydrogens (tertiary/aromatic N) is 1. The molecule has 0 aromatic heterocycles. The highest BCUT2D eigenvalue weighted by Gasteiger charge is 2.36. The lowest BCUT2D eigenvalue weighted by molar-refractivity contribution is -0.138. The number of carbonyl (C=O) groups is 2. The Kier molecular flexibility index (Phi) is 5.12. The van der Waals surface area contributed by atoms with Crippen LogP contribution in [0.1, 0.15) is 24.8 Å². The van der Waals surface area contributed by atoms with Gasteiger partial charge in [0.15, 0.2) is 0 Å². The Balaban J connectivity index is 2.17. The van der Waals surface area contributed by atoms with Gasteiger partial charge in [0.1, 0.15) is 5.92 Å². The van der Waals surface area contributed by atoms with E-state index in [-0.39, 0.29) is 18.6 Å². The molecule has 2 rings (SSSR count). The molecule has 1 heterocycles. The van der Waals surface area contributed by atoms with E-state index < -0.39 is 11.9 Å². The van der Waals surface area contributed by atoms with Crippen LogP contribution < -0.4 is 10.2 Å². The maximum absolute atomic E-state index is 12.4. The van der Waals surface area contributed by atoms with Crippen LogP contribution in [0.25, 0.3) is 0 Å². The number of thioether (sulfide) groups is 1. The van der Waals surface area contributed by atoms with Crippen molar-refractivity contribution in [2.45, 2.75) is 25.3 Å². The summed E-state index contributed by atoms with van der Waals surface area (Å²) >= 11 is 1.68. The van der Waals surface area contributed by atoms with Gasteiger partial charge < -0.3 is 10.4 Å². The average molecular weight is 308 g/mol. The normalized spacial score (nSPS) is 18.2. The molecule has 1 aromatic carbocycles. The smallest absolute Gasteiger partial charge is 0.322 e. The summed E-state index contributed by atoms with van der Waals surface area (Å²) in [4.78, 5) is 25.3. The fourth-order valence-corrected chi connectivity index (χ4v) is 3.25. The van der Waals surface area contributed by atoms with Crippen molar-refractivity contribution in [3.8, 4) is 0 Å². The van der Waals surface area contributed by atoms with Gasteiger partial charge >= 0.3 is 12.0 Å². The minimum Gasteiger partial charge on any atom is -0.481 e. The standard InChI is InChI=1S/C15H20N2O3S/c1-3-10(9-21-2)16-15(20)17-8-12(14(18)19)11-6-4-5-7-13(11)17/h4-7,10,12H,3,8-9H2,1-2H3,(H,16,20)(H,18,19). The second-order valence-electron chi connectivity index (χ2n) is 5.07. The summed E-state index contributed by atoms with van der Waals surface area (Å²) in [5.74, 6) is -0.693. The van der Waals surface area contributed by atoms with Crippen molar-refractivity contribution in [2.75, 3.05) is 23.5 Å². The van der Waals surface area contributed by atoms with Crippen LogP contribution in [0.15, 0.2) is 24.3 Å². The quantitative estimate of drug-likeness (QED) is 0.877. The van der Waals surface area contributed by atoms with Gasteiger partial charge in [0.2, 0.25) is 0 Å². The number of benzene rings is 1. The largest absolute Gasteiger partial charge is 0.481 e. The zero-order valence-electron chi connectivity index (χ0n) is 12.2. The number of urea groups is 1. The first kappa shape index (κ1) is 15.7. The van der Waals surface area contributed by atoms with Gasteiger partial charge in [-0.05, 0) is 24.3 Å². The minimum atomic E-state index is -0.895. The Hall–Kier alpha value is -1.69. The lowest BCUT2D eigenvalue weighted by Gasteiger charge is -2.22. The third-order valence-corrected chi connectivity index (χ3v) is 4.44. The monoisotopic (exact) mass is 308 g/mol. The Morgan fingerprint density at radius 1 is 1.48 bits per heavy atom. The number of carboxylic acid groups (broad SMARTS) is 1. The number of para-hydroxylation sites is 1. The van der Waals surface area contributed by atoms with E-state index in [0.717, 1.165) is 12.2 Å². The van der Waals surface area contributed by atoms with Crippen molar-refractivity contribution in [3.63, 3.8) is 0 Å². The summed E-state index contributed by atoms with van der Waals surface area (Å²) in [6.07, 6.45) is 2.85. The maximum atomic E-state index is 12.4. The summed E-state index contributed by atoms with van der Waals surface area (Å²) in [6, 6.07) is 7.09. The van der Waals surface area contributed by atoms with E-state index in [9.17, 15) is 14.7 Å². The SMILES string of the molecule is CCC(CSC)NC(=O)N1CC(C(=O)O)c2ccccc21. The van der Waals surface area contributed by atoms with E-state index in [1.165, 1.54) is 4.90 Å². The van der Waals surface area contributed by atoms with E-state index in [4.69, 9.17) is 0 Å². The number of fused-ring (bicyclic) bond motifs is 1. The van der Waals surface area contributed by atoms with Crippen LogP contribution >= 0.6 is 11.8 Å². The van der Waals surface area contributed by atoms with Gasteiger partial charge in [-0.1, -0.05) is 25.1 Å². The lowest BCUT2D eigenvalue weighted by Crippen LogP contribution is -2.45. The summed E-state index contributed by atoms with van der Waals surface area (Å²) in [5, 5.41) is 12.3. The van der Waals surface area contributed by atoms with E-state index >= 15 is 0 Å². The van der Waals surface area contributed by atoms with Crippen LogP contribution in [0, 0.1) is 0 Å². The van der Waals surface area contributed by atoms with Gasteiger partial charge in [0.05, 0.1) is 0 Å². The van der Waals surface area contributed by atoms with Gasteiger partial charge in [0.25, 0.3) is 0 Å². The first-order valence-corrected chi connectivity index (χ1v) is 8.36. The van der Waals surface area contributed by atoms with Crippen LogP contribution in [0.2, 0.25) is 0 Å². The number of anilines is 1. The Bertz CT molecular complexity index is 535. The molecule has 0 fully saturated rings. The topological polar surface area (TPSA) is 69.6 Å². The molecule has 0 bridgehead atoms. The van der Waals surface area contributed by atoms with Gasteiger partial charge in [0, 0.05) is 24.0 Å². The Morgan fingerprint density at radius 2 is 2.19 bits per heavy atom. The molecule has 114 valence electrons. The molecular formula is C15H20N2O3S. The molecule has 0 radical (unpaired) electrons. The molecule has 0 spiro atoms. The predicted octanol–water partition coefficient (Wildman–Crippen LogP) is 2.53. The lowest BCUT2D eigenvalue weighted by atomic mass is 10.0. The second kappa shape index (κ2) is 6.85. The number of amides is 2. The van der Waals surface area contributed by atoms with Crippen LogP contribution in [0.4, 0.5) is 10.5 Å². The number of hydrogen-bond acceptors (Lipinski definition) is 3. The average Bonchev–Trinajstić information content (AvgIpc) is 2.86. The van der Waals surface area contributed by atoms with Crippen LogP contribution in [-0.2, 0) is 4.79 Å². The van der Waals surface area contributed by atoms with E-state index in [1.54, 1.807) is 30.0 Å². The number of carboxylic acids is 1. The van der Waals surface area contributed by atoms with Gasteiger partial charge in [-0.25, -0.2) is 4.79 Å². The number of aliphatic carboxylic acids is 1. The zero-order valence-corrected chi connectivity index (χ0v) is 13.0. The van der Waals surface area contributed by atoms with E-state index in [2.05, 4.69) is 5.32 Å². The summed E-state index contributed by atoms with van der Waals surface area (Å²) in [6.45, 7) is 2.22. The van der Waals surface area contributed by atoms with Gasteiger partial charge in [-0.15, -0.1) is 0 Å². The first-order chi connectivity index (χ1) is 10.1. The molecule has 2 amide bonds. The molecule has 2 atom stereocenters. The van der Waals surface area contributed by atoms with E-state index in [0.29, 0.717) is 11.3 Å². The number of nitrogens with one attached hydrogen (secondary N) is 1. The molecule has 0 saturated carbocycles. The van der Waals surface area contributed by atoms with Crippen molar-refractivity contribution in [3.05, 3.63) is 29.8 Å². The summed E-state index contributed by atoms with van der Waals surface area (Å²) in [5.41, 5.74) is 1.40. The van der Waals surface area contributed by atoms with Crippen molar-refractivity contribution in [1.29, 1.82) is 0 Å². The summed E-state index contributed by atoms with van der Waals surface area (Å²) in [7, 11) is 0. The highest BCUT2D eigenvalue weighted by Crippen LogP contribution is 2.36. The Morgan fingerprint density at radius 3 is 2.81 bits per heavy atom. The fraction of sp³-hybridized carbons (Fsp3) is 0.467. The molecule has 1 aliphatic heterocycles. The molecule has 2 N–H and O–H groups in total. The molecule has 2 unspecified atom stereocenters. The highest BCUT2D eigenvalue weighted by molar-refractivity contribution is 7.98. The summed E-state index contributed by atoms with van der Waals surface area (Å²) < 4.78 is 0. The molecule has 0 aliphatic carbocycles. The molecule has 21 heavy (non-hydrogen) atoms. The third-order valence-electron chi connectivity index (χ3n) is 3.70. The van der Waals surface area contributed by atoms with Crippen molar-refractivity contribution in [2.24, 2.45) is 0 Å².